The number of hydrogen-bond acceptors (Lipinski definition) is 3. The Balaban J connectivity index is 1.63. The lowest BCUT2D eigenvalue weighted by atomic mass is 10.1. The largest absolute Gasteiger partial charge is 0.341 e. The third-order valence-electron chi connectivity index (χ3n) is 3.56. The van der Waals surface area contributed by atoms with E-state index in [2.05, 4.69) is 21.7 Å². The molecule has 5 nitrogen and oxygen atoms in total. The van der Waals surface area contributed by atoms with Gasteiger partial charge in [0.25, 0.3) is 0 Å². The Bertz CT molecular complexity index is 670. The van der Waals surface area contributed by atoms with Crippen molar-refractivity contribution in [2.24, 2.45) is 0 Å². The third kappa shape index (κ3) is 2.91. The summed E-state index contributed by atoms with van der Waals surface area (Å²) in [6.45, 7) is 0. The topological polar surface area (TPSA) is 71.1 Å². The highest BCUT2D eigenvalue weighted by molar-refractivity contribution is 6.39. The first kappa shape index (κ1) is 13.3. The second kappa shape index (κ2) is 5.75. The minimum atomic E-state index is -0.674. The van der Waals surface area contributed by atoms with Crippen molar-refractivity contribution in [3.63, 3.8) is 0 Å². The van der Waals surface area contributed by atoms with Gasteiger partial charge in [-0.2, -0.15) is 0 Å². The van der Waals surface area contributed by atoms with Crippen LogP contribution in [0.25, 0.3) is 0 Å². The predicted molar refractivity (Wildman–Crippen MR) is 78.5 cm³/mol. The maximum absolute atomic E-state index is 12.0. The first-order chi connectivity index (χ1) is 10.2. The summed E-state index contributed by atoms with van der Waals surface area (Å²) in [7, 11) is 0. The van der Waals surface area contributed by atoms with Crippen molar-refractivity contribution in [1.82, 2.24) is 10.3 Å². The van der Waals surface area contributed by atoms with Gasteiger partial charge in [-0.3, -0.25) is 14.6 Å². The van der Waals surface area contributed by atoms with Gasteiger partial charge in [0.05, 0.1) is 17.9 Å². The molecule has 2 aromatic rings. The highest BCUT2D eigenvalue weighted by Crippen LogP contribution is 2.30. The van der Waals surface area contributed by atoms with Gasteiger partial charge >= 0.3 is 11.8 Å². The number of pyridine rings is 1. The van der Waals surface area contributed by atoms with Crippen LogP contribution < -0.4 is 10.6 Å². The van der Waals surface area contributed by atoms with Crippen LogP contribution >= 0.6 is 0 Å². The summed E-state index contributed by atoms with van der Waals surface area (Å²) in [5, 5.41) is 5.31. The summed E-state index contributed by atoms with van der Waals surface area (Å²) < 4.78 is 0. The van der Waals surface area contributed by atoms with E-state index in [1.165, 1.54) is 11.8 Å². The number of amides is 2. The predicted octanol–water partition coefficient (Wildman–Crippen LogP) is 1.82. The summed E-state index contributed by atoms with van der Waals surface area (Å²) in [5.74, 6) is -1.30. The molecule has 0 radical (unpaired) electrons. The van der Waals surface area contributed by atoms with Crippen LogP contribution in [0.1, 0.15) is 23.6 Å². The van der Waals surface area contributed by atoms with Crippen LogP contribution in [0, 0.1) is 0 Å². The fourth-order valence-electron chi connectivity index (χ4n) is 2.56. The van der Waals surface area contributed by atoms with Gasteiger partial charge in [0, 0.05) is 6.20 Å². The van der Waals surface area contributed by atoms with Crippen molar-refractivity contribution in [2.75, 3.05) is 5.32 Å². The van der Waals surface area contributed by atoms with E-state index in [9.17, 15) is 9.59 Å². The summed E-state index contributed by atoms with van der Waals surface area (Å²) in [4.78, 5) is 27.7. The molecule has 0 saturated heterocycles. The Morgan fingerprint density at radius 2 is 1.95 bits per heavy atom. The minimum Gasteiger partial charge on any atom is -0.341 e. The fourth-order valence-corrected chi connectivity index (χ4v) is 2.56. The van der Waals surface area contributed by atoms with Crippen LogP contribution in [0.3, 0.4) is 0 Å². The Morgan fingerprint density at radius 1 is 1.10 bits per heavy atom. The van der Waals surface area contributed by atoms with E-state index in [1.807, 2.05) is 18.2 Å². The SMILES string of the molecule is O=C(Nc1cccnc1)C(=O)NC1CCc2ccccc21. The van der Waals surface area contributed by atoms with Gasteiger partial charge in [-0.05, 0) is 36.1 Å². The second-order valence-corrected chi connectivity index (χ2v) is 4.96. The number of nitrogens with zero attached hydrogens (tertiary/aromatic N) is 1. The van der Waals surface area contributed by atoms with Crippen LogP contribution in [0.2, 0.25) is 0 Å². The Morgan fingerprint density at radius 3 is 2.76 bits per heavy atom. The molecule has 2 N–H and O–H groups in total. The average Bonchev–Trinajstić information content (AvgIpc) is 2.91. The molecule has 1 heterocycles. The molecule has 1 aliphatic rings. The molecule has 1 aromatic carbocycles. The van der Waals surface area contributed by atoms with Gasteiger partial charge < -0.3 is 10.6 Å². The van der Waals surface area contributed by atoms with Crippen molar-refractivity contribution >= 4 is 17.5 Å². The zero-order valence-corrected chi connectivity index (χ0v) is 11.4. The first-order valence-corrected chi connectivity index (χ1v) is 6.84. The molecule has 2 amide bonds. The minimum absolute atomic E-state index is 0.0895. The summed E-state index contributed by atoms with van der Waals surface area (Å²) in [6, 6.07) is 11.3. The highest BCUT2D eigenvalue weighted by atomic mass is 16.2. The number of rotatable bonds is 2. The number of benzene rings is 1. The van der Waals surface area contributed by atoms with Crippen LogP contribution in [-0.4, -0.2) is 16.8 Å². The fraction of sp³-hybridized carbons (Fsp3) is 0.188. The quantitative estimate of drug-likeness (QED) is 0.825. The maximum atomic E-state index is 12.0. The normalized spacial score (nSPS) is 16.1. The lowest BCUT2D eigenvalue weighted by Gasteiger charge is -2.13. The smallest absolute Gasteiger partial charge is 0.313 e. The Hall–Kier alpha value is -2.69. The maximum Gasteiger partial charge on any atom is 0.313 e. The number of hydrogen-bond donors (Lipinski definition) is 2. The molecule has 21 heavy (non-hydrogen) atoms. The molecule has 5 heteroatoms. The van der Waals surface area contributed by atoms with E-state index < -0.39 is 11.8 Å². The van der Waals surface area contributed by atoms with Crippen LogP contribution in [0.4, 0.5) is 5.69 Å². The molecular formula is C16H15N3O2. The van der Waals surface area contributed by atoms with Crippen molar-refractivity contribution in [3.8, 4) is 0 Å². The molecule has 1 aliphatic carbocycles. The van der Waals surface area contributed by atoms with Crippen LogP contribution in [0.5, 0.6) is 0 Å². The number of fused-ring (bicyclic) bond motifs is 1. The number of carbonyl (C=O) groups excluding carboxylic acids is 2. The number of anilines is 1. The Kier molecular flexibility index (Phi) is 3.64. The van der Waals surface area contributed by atoms with E-state index in [1.54, 1.807) is 18.3 Å². The number of nitrogens with one attached hydrogen (secondary N) is 2. The molecule has 0 spiro atoms. The Labute approximate surface area is 122 Å². The van der Waals surface area contributed by atoms with E-state index in [-0.39, 0.29) is 6.04 Å². The lowest BCUT2D eigenvalue weighted by Crippen LogP contribution is -2.37. The average molecular weight is 281 g/mol. The molecule has 106 valence electrons. The zero-order valence-electron chi connectivity index (χ0n) is 11.4. The van der Waals surface area contributed by atoms with E-state index in [4.69, 9.17) is 0 Å². The zero-order chi connectivity index (χ0) is 14.7. The molecule has 0 bridgehead atoms. The van der Waals surface area contributed by atoms with E-state index >= 15 is 0 Å². The molecular weight excluding hydrogens is 266 g/mol. The van der Waals surface area contributed by atoms with Crippen molar-refractivity contribution in [3.05, 3.63) is 59.9 Å². The summed E-state index contributed by atoms with van der Waals surface area (Å²) in [5.41, 5.74) is 2.83. The van der Waals surface area contributed by atoms with Crippen LogP contribution in [0.15, 0.2) is 48.8 Å². The highest BCUT2D eigenvalue weighted by Gasteiger charge is 2.25. The molecule has 1 unspecified atom stereocenters. The number of aromatic nitrogens is 1. The van der Waals surface area contributed by atoms with Gasteiger partial charge in [0.2, 0.25) is 0 Å². The molecule has 3 rings (SSSR count). The summed E-state index contributed by atoms with van der Waals surface area (Å²) in [6.07, 6.45) is 4.85. The van der Waals surface area contributed by atoms with Gasteiger partial charge in [-0.15, -0.1) is 0 Å². The molecule has 0 fully saturated rings. The van der Waals surface area contributed by atoms with Crippen molar-refractivity contribution < 1.29 is 9.59 Å². The lowest BCUT2D eigenvalue weighted by molar-refractivity contribution is -0.136. The molecule has 1 aromatic heterocycles. The van der Waals surface area contributed by atoms with Gasteiger partial charge in [-0.25, -0.2) is 0 Å². The number of aryl methyl sites for hydroxylation is 1. The number of carbonyl (C=O) groups is 2. The molecule has 0 aliphatic heterocycles. The molecule has 1 atom stereocenters. The van der Waals surface area contributed by atoms with E-state index in [0.717, 1.165) is 18.4 Å². The third-order valence-corrected chi connectivity index (χ3v) is 3.56. The standard InChI is InChI=1S/C16H15N3O2/c20-15(18-12-5-3-9-17-10-12)16(21)19-14-8-7-11-4-1-2-6-13(11)14/h1-6,9-10,14H,7-8H2,(H,18,20)(H,19,21). The van der Waals surface area contributed by atoms with Gasteiger partial charge in [0.15, 0.2) is 0 Å². The van der Waals surface area contributed by atoms with E-state index in [0.29, 0.717) is 5.69 Å². The molecule has 0 saturated carbocycles. The van der Waals surface area contributed by atoms with Gasteiger partial charge in [-0.1, -0.05) is 24.3 Å². The summed E-state index contributed by atoms with van der Waals surface area (Å²) >= 11 is 0. The van der Waals surface area contributed by atoms with Gasteiger partial charge in [0.1, 0.15) is 0 Å². The van der Waals surface area contributed by atoms with Crippen LogP contribution in [-0.2, 0) is 16.0 Å². The van der Waals surface area contributed by atoms with Crippen molar-refractivity contribution in [1.29, 1.82) is 0 Å². The first-order valence-electron chi connectivity index (χ1n) is 6.84. The second-order valence-electron chi connectivity index (χ2n) is 4.96. The van der Waals surface area contributed by atoms with Crippen molar-refractivity contribution in [2.45, 2.75) is 18.9 Å². The monoisotopic (exact) mass is 281 g/mol.